The maximum absolute atomic E-state index is 11.5. The van der Waals surface area contributed by atoms with Gasteiger partial charge in [-0.3, -0.25) is 9.69 Å². The molecule has 0 aliphatic heterocycles. The number of hydrogen-bond donors (Lipinski definition) is 1. The lowest BCUT2D eigenvalue weighted by Crippen LogP contribution is -2.49. The number of aryl methyl sites for hydroxylation is 2. The average molecular weight is 288 g/mol. The largest absolute Gasteiger partial charge is 0.480 e. The Morgan fingerprint density at radius 3 is 2.48 bits per heavy atom. The van der Waals surface area contributed by atoms with E-state index < -0.39 is 11.5 Å². The lowest BCUT2D eigenvalue weighted by Gasteiger charge is -2.34. The summed E-state index contributed by atoms with van der Waals surface area (Å²) in [6.07, 6.45) is 0. The van der Waals surface area contributed by atoms with Gasteiger partial charge in [-0.05, 0) is 38.9 Å². The van der Waals surface area contributed by atoms with E-state index in [1.54, 1.807) is 13.8 Å². The van der Waals surface area contributed by atoms with Gasteiger partial charge in [-0.1, -0.05) is 25.1 Å². The van der Waals surface area contributed by atoms with E-state index in [0.29, 0.717) is 13.1 Å². The third kappa shape index (κ3) is 2.56. The maximum Gasteiger partial charge on any atom is 0.323 e. The predicted octanol–water partition coefficient (Wildman–Crippen LogP) is 3.17. The molecular formula is C17H24N2O2. The summed E-state index contributed by atoms with van der Waals surface area (Å²) < 4.78 is 2.17. The molecular weight excluding hydrogens is 264 g/mol. The monoisotopic (exact) mass is 288 g/mol. The highest BCUT2D eigenvalue weighted by Crippen LogP contribution is 2.27. The number of benzene rings is 1. The summed E-state index contributed by atoms with van der Waals surface area (Å²) >= 11 is 0. The summed E-state index contributed by atoms with van der Waals surface area (Å²) in [5.74, 6) is -0.791. The molecule has 4 nitrogen and oxygen atoms in total. The third-order valence-corrected chi connectivity index (χ3v) is 4.54. The average Bonchev–Trinajstić information content (AvgIpc) is 2.69. The van der Waals surface area contributed by atoms with Gasteiger partial charge >= 0.3 is 5.97 Å². The molecule has 0 saturated heterocycles. The number of carboxylic acid groups (broad SMARTS) is 1. The van der Waals surface area contributed by atoms with Crippen molar-refractivity contribution < 1.29 is 9.90 Å². The van der Waals surface area contributed by atoms with Crippen molar-refractivity contribution in [1.82, 2.24) is 9.47 Å². The highest BCUT2D eigenvalue weighted by Gasteiger charge is 2.34. The Kier molecular flexibility index (Phi) is 4.10. The number of likely N-dealkylation sites (N-methyl/N-ethyl adjacent to an activating group) is 1. The molecule has 1 heterocycles. The fourth-order valence-corrected chi connectivity index (χ4v) is 2.88. The first-order valence-electron chi connectivity index (χ1n) is 7.32. The normalized spacial score (nSPS) is 12.3. The van der Waals surface area contributed by atoms with Crippen LogP contribution in [0.25, 0.3) is 10.9 Å². The number of carbonyl (C=O) groups is 1. The van der Waals surface area contributed by atoms with E-state index in [-0.39, 0.29) is 0 Å². The molecule has 0 unspecified atom stereocenters. The van der Waals surface area contributed by atoms with E-state index in [2.05, 4.69) is 23.6 Å². The topological polar surface area (TPSA) is 45.5 Å². The van der Waals surface area contributed by atoms with E-state index in [9.17, 15) is 9.90 Å². The van der Waals surface area contributed by atoms with Crippen molar-refractivity contribution in [2.24, 2.45) is 7.05 Å². The summed E-state index contributed by atoms with van der Waals surface area (Å²) in [4.78, 5) is 13.5. The highest BCUT2D eigenvalue weighted by molar-refractivity contribution is 5.85. The molecule has 0 radical (unpaired) electrons. The predicted molar refractivity (Wildman–Crippen MR) is 85.5 cm³/mol. The van der Waals surface area contributed by atoms with Crippen molar-refractivity contribution in [2.45, 2.75) is 39.8 Å². The van der Waals surface area contributed by atoms with E-state index in [4.69, 9.17) is 0 Å². The fraction of sp³-hybridized carbons (Fsp3) is 0.471. The molecule has 1 aromatic carbocycles. The Morgan fingerprint density at radius 1 is 1.33 bits per heavy atom. The van der Waals surface area contributed by atoms with E-state index in [1.807, 2.05) is 31.0 Å². The summed E-state index contributed by atoms with van der Waals surface area (Å²) in [6.45, 7) is 8.96. The number of aliphatic carboxylic acids is 1. The maximum atomic E-state index is 11.5. The van der Waals surface area contributed by atoms with E-state index >= 15 is 0 Å². The molecule has 0 amide bonds. The number of hydrogen-bond acceptors (Lipinski definition) is 2. The van der Waals surface area contributed by atoms with Crippen LogP contribution in [0.3, 0.4) is 0 Å². The van der Waals surface area contributed by atoms with Gasteiger partial charge < -0.3 is 9.67 Å². The molecule has 1 aromatic heterocycles. The third-order valence-electron chi connectivity index (χ3n) is 4.54. The molecule has 0 fully saturated rings. The molecule has 0 aliphatic rings. The van der Waals surface area contributed by atoms with Crippen molar-refractivity contribution >= 4 is 16.9 Å². The van der Waals surface area contributed by atoms with Gasteiger partial charge in [0.1, 0.15) is 5.54 Å². The van der Waals surface area contributed by atoms with Gasteiger partial charge in [0.25, 0.3) is 0 Å². The smallest absolute Gasteiger partial charge is 0.323 e. The Balaban J connectivity index is 2.46. The zero-order chi connectivity index (χ0) is 15.8. The number of rotatable bonds is 5. The first-order chi connectivity index (χ1) is 9.80. The summed E-state index contributed by atoms with van der Waals surface area (Å²) in [5.41, 5.74) is 2.71. The number of carboxylic acids is 1. The highest BCUT2D eigenvalue weighted by atomic mass is 16.4. The summed E-state index contributed by atoms with van der Waals surface area (Å²) in [5, 5.41) is 10.7. The van der Waals surface area contributed by atoms with Crippen LogP contribution >= 0.6 is 0 Å². The zero-order valence-electron chi connectivity index (χ0n) is 13.5. The minimum atomic E-state index is -0.877. The Bertz CT molecular complexity index is 632. The second-order valence-corrected chi connectivity index (χ2v) is 6.03. The SMILES string of the molecule is CCN(Cc1c(C)c2ccccc2n1C)C(C)(C)C(=O)O. The van der Waals surface area contributed by atoms with Crippen LogP contribution in [-0.2, 0) is 18.4 Å². The van der Waals surface area contributed by atoms with Crippen LogP contribution in [0.15, 0.2) is 24.3 Å². The quantitative estimate of drug-likeness (QED) is 0.919. The van der Waals surface area contributed by atoms with Gasteiger partial charge in [0.05, 0.1) is 0 Å². The van der Waals surface area contributed by atoms with Crippen LogP contribution < -0.4 is 0 Å². The first kappa shape index (κ1) is 15.6. The minimum absolute atomic E-state index is 0.632. The van der Waals surface area contributed by atoms with Gasteiger partial charge in [0, 0.05) is 30.2 Å². The Hall–Kier alpha value is -1.81. The van der Waals surface area contributed by atoms with Crippen LogP contribution in [0.2, 0.25) is 0 Å². The number of para-hydroxylation sites is 1. The molecule has 4 heteroatoms. The van der Waals surface area contributed by atoms with Gasteiger partial charge in [0.15, 0.2) is 0 Å². The molecule has 0 aliphatic carbocycles. The second-order valence-electron chi connectivity index (χ2n) is 6.03. The van der Waals surface area contributed by atoms with Gasteiger partial charge in [0.2, 0.25) is 0 Å². The van der Waals surface area contributed by atoms with E-state index in [0.717, 1.165) is 0 Å². The van der Waals surface area contributed by atoms with E-state index in [1.165, 1.54) is 22.2 Å². The molecule has 0 bridgehead atoms. The molecule has 1 N–H and O–H groups in total. The number of nitrogens with zero attached hydrogens (tertiary/aromatic N) is 2. The molecule has 2 rings (SSSR count). The Labute approximate surface area is 126 Å². The molecule has 114 valence electrons. The van der Waals surface area contributed by atoms with Crippen molar-refractivity contribution in [3.8, 4) is 0 Å². The lowest BCUT2D eigenvalue weighted by molar-refractivity contribution is -0.149. The first-order valence-corrected chi connectivity index (χ1v) is 7.32. The number of aromatic nitrogens is 1. The Morgan fingerprint density at radius 2 is 1.95 bits per heavy atom. The zero-order valence-corrected chi connectivity index (χ0v) is 13.5. The van der Waals surface area contributed by atoms with Crippen molar-refractivity contribution in [2.75, 3.05) is 6.54 Å². The standard InChI is InChI=1S/C17H24N2O2/c1-6-19(17(3,4)16(20)21)11-15-12(2)13-9-7-8-10-14(13)18(15)5/h7-10H,6,11H2,1-5H3,(H,20,21). The molecule has 0 saturated carbocycles. The van der Waals surface area contributed by atoms with Crippen molar-refractivity contribution in [1.29, 1.82) is 0 Å². The lowest BCUT2D eigenvalue weighted by atomic mass is 10.0. The van der Waals surface area contributed by atoms with Crippen molar-refractivity contribution in [3.63, 3.8) is 0 Å². The van der Waals surface area contributed by atoms with Crippen LogP contribution in [0.5, 0.6) is 0 Å². The molecule has 2 aromatic rings. The van der Waals surface area contributed by atoms with Crippen LogP contribution in [0, 0.1) is 6.92 Å². The van der Waals surface area contributed by atoms with Crippen LogP contribution in [0.1, 0.15) is 32.0 Å². The van der Waals surface area contributed by atoms with Crippen molar-refractivity contribution in [3.05, 3.63) is 35.5 Å². The van der Waals surface area contributed by atoms with Gasteiger partial charge in [-0.2, -0.15) is 0 Å². The van der Waals surface area contributed by atoms with Crippen LogP contribution in [0.4, 0.5) is 0 Å². The number of fused-ring (bicyclic) bond motifs is 1. The molecule has 21 heavy (non-hydrogen) atoms. The van der Waals surface area contributed by atoms with Crippen LogP contribution in [-0.4, -0.2) is 32.6 Å². The molecule has 0 atom stereocenters. The second kappa shape index (κ2) is 5.53. The summed E-state index contributed by atoms with van der Waals surface area (Å²) in [6, 6.07) is 8.29. The van der Waals surface area contributed by atoms with Gasteiger partial charge in [-0.15, -0.1) is 0 Å². The fourth-order valence-electron chi connectivity index (χ4n) is 2.88. The molecule has 0 spiro atoms. The van der Waals surface area contributed by atoms with Gasteiger partial charge in [-0.25, -0.2) is 0 Å². The summed E-state index contributed by atoms with van der Waals surface area (Å²) in [7, 11) is 2.05. The minimum Gasteiger partial charge on any atom is -0.480 e.